The molecule has 136 valence electrons. The van der Waals surface area contributed by atoms with Crippen LogP contribution < -0.4 is 5.32 Å². The summed E-state index contributed by atoms with van der Waals surface area (Å²) in [5, 5.41) is 2.60. The van der Waals surface area contributed by atoms with Gasteiger partial charge in [-0.1, -0.05) is 36.4 Å². The Kier molecular flexibility index (Phi) is 6.49. The van der Waals surface area contributed by atoms with Crippen LogP contribution in [-0.4, -0.2) is 35.8 Å². The van der Waals surface area contributed by atoms with Crippen LogP contribution in [0.2, 0.25) is 0 Å². The normalized spacial score (nSPS) is 11.3. The van der Waals surface area contributed by atoms with Gasteiger partial charge in [0.2, 0.25) is 5.91 Å². The van der Waals surface area contributed by atoms with Gasteiger partial charge in [0.15, 0.2) is 6.10 Å². The van der Waals surface area contributed by atoms with Crippen molar-refractivity contribution in [1.29, 1.82) is 0 Å². The van der Waals surface area contributed by atoms with E-state index in [9.17, 15) is 14.4 Å². The molecule has 0 unspecified atom stereocenters. The van der Waals surface area contributed by atoms with Gasteiger partial charge in [-0.2, -0.15) is 0 Å². The number of hydrogen-bond acceptors (Lipinski definition) is 4. The van der Waals surface area contributed by atoms with Crippen molar-refractivity contribution in [2.45, 2.75) is 26.5 Å². The van der Waals surface area contributed by atoms with Gasteiger partial charge < -0.3 is 15.0 Å². The molecule has 0 bridgehead atoms. The predicted octanol–water partition coefficient (Wildman–Crippen LogP) is 2.85. The fraction of sp³-hybridized carbons (Fsp3) is 0.250. The molecule has 0 aromatic heterocycles. The molecule has 0 saturated carbocycles. The lowest BCUT2D eigenvalue weighted by Crippen LogP contribution is -2.37. The number of carbonyl (C=O) groups excluding carboxylic acids is 3. The molecule has 2 aromatic carbocycles. The molecule has 2 amide bonds. The van der Waals surface area contributed by atoms with Gasteiger partial charge in [-0.25, -0.2) is 4.79 Å². The Morgan fingerprint density at radius 2 is 1.77 bits per heavy atom. The van der Waals surface area contributed by atoms with Crippen LogP contribution in [0.3, 0.4) is 0 Å². The summed E-state index contributed by atoms with van der Waals surface area (Å²) in [4.78, 5) is 37.3. The zero-order valence-corrected chi connectivity index (χ0v) is 15.1. The molecule has 6 heteroatoms. The van der Waals surface area contributed by atoms with E-state index in [1.54, 1.807) is 32.2 Å². The summed E-state index contributed by atoms with van der Waals surface area (Å²) in [6, 6.07) is 15.9. The van der Waals surface area contributed by atoms with Crippen LogP contribution in [0, 0.1) is 0 Å². The van der Waals surface area contributed by atoms with Gasteiger partial charge in [0, 0.05) is 26.2 Å². The van der Waals surface area contributed by atoms with Crippen LogP contribution in [-0.2, 0) is 20.9 Å². The first-order valence-corrected chi connectivity index (χ1v) is 8.24. The van der Waals surface area contributed by atoms with Crippen molar-refractivity contribution in [1.82, 2.24) is 4.90 Å². The number of ether oxygens (including phenoxy) is 1. The highest BCUT2D eigenvalue weighted by molar-refractivity contribution is 5.95. The molecule has 0 aliphatic carbocycles. The lowest BCUT2D eigenvalue weighted by molar-refractivity contribution is -0.139. The molecule has 1 atom stereocenters. The Hall–Kier alpha value is -3.15. The SMILES string of the molecule is CC(=O)Nc1cccc(C(=O)O[C@@H](C)C(=O)N(C)Cc2ccccc2)c1. The summed E-state index contributed by atoms with van der Waals surface area (Å²) in [5.74, 6) is -1.15. The number of esters is 1. The number of amides is 2. The van der Waals surface area contributed by atoms with Crippen LogP contribution in [0.25, 0.3) is 0 Å². The standard InChI is InChI=1S/C20H22N2O4/c1-14(19(24)22(3)13-16-8-5-4-6-9-16)26-20(25)17-10-7-11-18(12-17)21-15(2)23/h4-12,14H,13H2,1-3H3,(H,21,23)/t14-/m0/s1. The molecule has 0 heterocycles. The summed E-state index contributed by atoms with van der Waals surface area (Å²) in [7, 11) is 1.66. The van der Waals surface area contributed by atoms with Crippen molar-refractivity contribution in [3.63, 3.8) is 0 Å². The summed E-state index contributed by atoms with van der Waals surface area (Å²) in [6.45, 7) is 3.35. The smallest absolute Gasteiger partial charge is 0.338 e. The van der Waals surface area contributed by atoms with Crippen molar-refractivity contribution in [2.24, 2.45) is 0 Å². The largest absolute Gasteiger partial charge is 0.449 e. The number of nitrogens with zero attached hydrogens (tertiary/aromatic N) is 1. The van der Waals surface area contributed by atoms with E-state index < -0.39 is 12.1 Å². The molecular formula is C20H22N2O4. The average molecular weight is 354 g/mol. The molecule has 1 N–H and O–H groups in total. The third-order valence-electron chi connectivity index (χ3n) is 3.69. The second kappa shape index (κ2) is 8.80. The lowest BCUT2D eigenvalue weighted by atomic mass is 10.2. The van der Waals surface area contributed by atoms with Gasteiger partial charge in [-0.3, -0.25) is 9.59 Å². The van der Waals surface area contributed by atoms with Gasteiger partial charge in [0.05, 0.1) is 5.56 Å². The van der Waals surface area contributed by atoms with Crippen LogP contribution in [0.1, 0.15) is 29.8 Å². The Morgan fingerprint density at radius 3 is 2.42 bits per heavy atom. The average Bonchev–Trinajstić information content (AvgIpc) is 2.61. The number of nitrogens with one attached hydrogen (secondary N) is 1. The molecule has 0 aliphatic heterocycles. The van der Waals surface area contributed by atoms with Gasteiger partial charge >= 0.3 is 5.97 Å². The fourth-order valence-corrected chi connectivity index (χ4v) is 2.45. The second-order valence-corrected chi connectivity index (χ2v) is 5.99. The molecule has 0 saturated heterocycles. The molecule has 2 aromatic rings. The summed E-state index contributed by atoms with van der Waals surface area (Å²) in [5.41, 5.74) is 1.75. The first-order valence-electron chi connectivity index (χ1n) is 8.24. The minimum Gasteiger partial charge on any atom is -0.449 e. The zero-order valence-electron chi connectivity index (χ0n) is 15.1. The number of likely N-dealkylation sites (N-methyl/N-ethyl adjacent to an activating group) is 1. The summed E-state index contributed by atoms with van der Waals surface area (Å²) < 4.78 is 5.27. The maximum absolute atomic E-state index is 12.4. The quantitative estimate of drug-likeness (QED) is 0.810. The molecule has 0 fully saturated rings. The highest BCUT2D eigenvalue weighted by Gasteiger charge is 2.22. The number of hydrogen-bond donors (Lipinski definition) is 1. The van der Waals surface area contributed by atoms with E-state index in [1.807, 2.05) is 30.3 Å². The van der Waals surface area contributed by atoms with E-state index in [4.69, 9.17) is 4.74 Å². The molecular weight excluding hydrogens is 332 g/mol. The Labute approximate surface area is 152 Å². The van der Waals surface area contributed by atoms with Crippen molar-refractivity contribution >= 4 is 23.5 Å². The monoisotopic (exact) mass is 354 g/mol. The van der Waals surface area contributed by atoms with Crippen LogP contribution in [0.15, 0.2) is 54.6 Å². The third-order valence-corrected chi connectivity index (χ3v) is 3.69. The molecule has 6 nitrogen and oxygen atoms in total. The highest BCUT2D eigenvalue weighted by atomic mass is 16.5. The van der Waals surface area contributed by atoms with Crippen LogP contribution in [0.4, 0.5) is 5.69 Å². The topological polar surface area (TPSA) is 75.7 Å². The summed E-state index contributed by atoms with van der Waals surface area (Å²) in [6.07, 6.45) is -0.916. The minimum atomic E-state index is -0.916. The van der Waals surface area contributed by atoms with Crippen LogP contribution >= 0.6 is 0 Å². The van der Waals surface area contributed by atoms with Gasteiger partial charge in [-0.15, -0.1) is 0 Å². The van der Waals surface area contributed by atoms with Crippen LogP contribution in [0.5, 0.6) is 0 Å². The van der Waals surface area contributed by atoms with Crippen molar-refractivity contribution in [2.75, 3.05) is 12.4 Å². The van der Waals surface area contributed by atoms with E-state index in [0.29, 0.717) is 12.2 Å². The zero-order chi connectivity index (χ0) is 19.1. The van der Waals surface area contributed by atoms with Gasteiger partial charge in [0.25, 0.3) is 5.91 Å². The molecule has 0 aliphatic rings. The number of rotatable bonds is 6. The number of benzene rings is 2. The van der Waals surface area contributed by atoms with Crippen molar-refractivity contribution in [3.8, 4) is 0 Å². The predicted molar refractivity (Wildman–Crippen MR) is 98.5 cm³/mol. The Bertz CT molecular complexity index is 789. The van der Waals surface area contributed by atoms with E-state index in [1.165, 1.54) is 17.9 Å². The highest BCUT2D eigenvalue weighted by Crippen LogP contribution is 2.13. The molecule has 0 spiro atoms. The number of carbonyl (C=O) groups is 3. The Morgan fingerprint density at radius 1 is 1.08 bits per heavy atom. The molecule has 0 radical (unpaired) electrons. The van der Waals surface area contributed by atoms with E-state index in [-0.39, 0.29) is 17.4 Å². The number of anilines is 1. The van der Waals surface area contributed by atoms with Gasteiger partial charge in [-0.05, 0) is 30.7 Å². The van der Waals surface area contributed by atoms with Crippen molar-refractivity contribution < 1.29 is 19.1 Å². The maximum Gasteiger partial charge on any atom is 0.338 e. The van der Waals surface area contributed by atoms with E-state index in [0.717, 1.165) is 5.56 Å². The second-order valence-electron chi connectivity index (χ2n) is 5.99. The molecule has 2 rings (SSSR count). The summed E-state index contributed by atoms with van der Waals surface area (Å²) >= 11 is 0. The first kappa shape index (κ1) is 19.2. The van der Waals surface area contributed by atoms with Gasteiger partial charge in [0.1, 0.15) is 0 Å². The van der Waals surface area contributed by atoms with E-state index >= 15 is 0 Å². The fourth-order valence-electron chi connectivity index (χ4n) is 2.45. The lowest BCUT2D eigenvalue weighted by Gasteiger charge is -2.21. The first-order chi connectivity index (χ1) is 12.4. The maximum atomic E-state index is 12.4. The van der Waals surface area contributed by atoms with Crippen molar-refractivity contribution in [3.05, 3.63) is 65.7 Å². The minimum absolute atomic E-state index is 0.235. The third kappa shape index (κ3) is 5.44. The Balaban J connectivity index is 1.97. The molecule has 26 heavy (non-hydrogen) atoms. The van der Waals surface area contributed by atoms with E-state index in [2.05, 4.69) is 5.32 Å².